The Balaban J connectivity index is 1.75. The second kappa shape index (κ2) is 5.29. The van der Waals surface area contributed by atoms with Crippen LogP contribution in [0.4, 0.5) is 0 Å². The molecule has 2 aromatic rings. The molecule has 0 saturated heterocycles. The molecule has 0 amide bonds. The van der Waals surface area contributed by atoms with Gasteiger partial charge in [-0.15, -0.1) is 11.3 Å². The minimum atomic E-state index is 0.211. The van der Waals surface area contributed by atoms with E-state index in [0.717, 1.165) is 36.5 Å². The van der Waals surface area contributed by atoms with E-state index < -0.39 is 0 Å². The summed E-state index contributed by atoms with van der Waals surface area (Å²) >= 11 is 1.68. The van der Waals surface area contributed by atoms with Crippen molar-refractivity contribution in [1.82, 2.24) is 9.55 Å². The van der Waals surface area contributed by atoms with Gasteiger partial charge in [0.15, 0.2) is 5.78 Å². The summed E-state index contributed by atoms with van der Waals surface area (Å²) in [5, 5.41) is 0. The third-order valence-corrected chi connectivity index (χ3v) is 4.88. The summed E-state index contributed by atoms with van der Waals surface area (Å²) in [4.78, 5) is 19.0. The van der Waals surface area contributed by atoms with Gasteiger partial charge in [0.2, 0.25) is 0 Å². The van der Waals surface area contributed by atoms with Crippen molar-refractivity contribution < 1.29 is 4.79 Å². The molecule has 0 aromatic carbocycles. The predicted molar refractivity (Wildman–Crippen MR) is 76.9 cm³/mol. The number of Topliss-reactive ketones (excluding diaryl/α,β-unsaturated/α-hetero) is 1. The van der Waals surface area contributed by atoms with E-state index >= 15 is 0 Å². The molecule has 3 rings (SSSR count). The van der Waals surface area contributed by atoms with Gasteiger partial charge < -0.3 is 4.57 Å². The number of fused-ring (bicyclic) bond motifs is 1. The molecule has 3 nitrogen and oxygen atoms in total. The maximum atomic E-state index is 12.3. The molecule has 4 heteroatoms. The number of aromatic nitrogens is 2. The first kappa shape index (κ1) is 12.6. The SMILES string of the molecule is CCCn1ccnc1CC(=O)c1cc2c(s1)CCC2. The molecule has 1 aliphatic rings. The van der Waals surface area contributed by atoms with Crippen LogP contribution in [0.1, 0.15) is 45.7 Å². The maximum absolute atomic E-state index is 12.3. The lowest BCUT2D eigenvalue weighted by Gasteiger charge is -2.04. The fourth-order valence-electron chi connectivity index (χ4n) is 2.65. The van der Waals surface area contributed by atoms with Gasteiger partial charge in [-0.05, 0) is 37.3 Å². The van der Waals surface area contributed by atoms with Gasteiger partial charge in [-0.2, -0.15) is 0 Å². The highest BCUT2D eigenvalue weighted by Crippen LogP contribution is 2.31. The van der Waals surface area contributed by atoms with E-state index in [0.29, 0.717) is 6.42 Å². The third-order valence-electron chi connectivity index (χ3n) is 3.61. The van der Waals surface area contributed by atoms with Crippen LogP contribution in [0.25, 0.3) is 0 Å². The van der Waals surface area contributed by atoms with Crippen molar-refractivity contribution in [1.29, 1.82) is 0 Å². The Morgan fingerprint density at radius 3 is 3.16 bits per heavy atom. The van der Waals surface area contributed by atoms with Gasteiger partial charge in [0.25, 0.3) is 0 Å². The largest absolute Gasteiger partial charge is 0.335 e. The zero-order chi connectivity index (χ0) is 13.2. The van der Waals surface area contributed by atoms with Crippen molar-refractivity contribution in [3.05, 3.63) is 39.6 Å². The molecule has 1 aliphatic carbocycles. The smallest absolute Gasteiger partial charge is 0.180 e. The lowest BCUT2D eigenvalue weighted by atomic mass is 10.2. The molecule has 0 atom stereocenters. The van der Waals surface area contributed by atoms with E-state index in [2.05, 4.69) is 22.5 Å². The summed E-state index contributed by atoms with van der Waals surface area (Å²) in [7, 11) is 0. The van der Waals surface area contributed by atoms with E-state index in [1.807, 2.05) is 6.20 Å². The molecule has 0 unspecified atom stereocenters. The average Bonchev–Trinajstić information content (AvgIpc) is 3.04. The van der Waals surface area contributed by atoms with Gasteiger partial charge in [-0.1, -0.05) is 6.92 Å². The average molecular weight is 274 g/mol. The Labute approximate surface area is 117 Å². The number of carbonyl (C=O) groups is 1. The molecule has 0 radical (unpaired) electrons. The summed E-state index contributed by atoms with van der Waals surface area (Å²) in [5.74, 6) is 1.10. The van der Waals surface area contributed by atoms with E-state index in [-0.39, 0.29) is 5.78 Å². The van der Waals surface area contributed by atoms with Crippen molar-refractivity contribution in [2.24, 2.45) is 0 Å². The molecule has 0 fully saturated rings. The number of imidazole rings is 1. The van der Waals surface area contributed by atoms with Crippen molar-refractivity contribution in [2.45, 2.75) is 45.6 Å². The van der Waals surface area contributed by atoms with Gasteiger partial charge in [0.1, 0.15) is 5.82 Å². The first-order valence-electron chi connectivity index (χ1n) is 6.92. The molecule has 19 heavy (non-hydrogen) atoms. The summed E-state index contributed by atoms with van der Waals surface area (Å²) in [6, 6.07) is 2.10. The van der Waals surface area contributed by atoms with Crippen LogP contribution in [0, 0.1) is 0 Å². The van der Waals surface area contributed by atoms with Crippen molar-refractivity contribution >= 4 is 17.1 Å². The zero-order valence-electron chi connectivity index (χ0n) is 11.2. The standard InChI is InChI=1S/C15H18N2OS/c1-2-7-17-8-6-16-15(17)10-12(18)14-9-11-4-3-5-13(11)19-14/h6,8-9H,2-5,7,10H2,1H3. The predicted octanol–water partition coefficient (Wildman–Crippen LogP) is 3.27. The van der Waals surface area contributed by atoms with Gasteiger partial charge in [0, 0.05) is 23.8 Å². The number of carbonyl (C=O) groups excluding carboxylic acids is 1. The molecule has 2 aromatic heterocycles. The Kier molecular flexibility index (Phi) is 3.51. The summed E-state index contributed by atoms with van der Waals surface area (Å²) in [5.41, 5.74) is 1.39. The normalized spacial score (nSPS) is 13.7. The first-order chi connectivity index (χ1) is 9.28. The topological polar surface area (TPSA) is 34.9 Å². The highest BCUT2D eigenvalue weighted by molar-refractivity contribution is 7.14. The second-order valence-electron chi connectivity index (χ2n) is 5.05. The summed E-state index contributed by atoms with van der Waals surface area (Å²) in [6.45, 7) is 3.07. The fraction of sp³-hybridized carbons (Fsp3) is 0.467. The van der Waals surface area contributed by atoms with E-state index in [1.165, 1.54) is 16.9 Å². The third kappa shape index (κ3) is 2.50. The Hall–Kier alpha value is -1.42. The fourth-order valence-corrected chi connectivity index (χ4v) is 3.84. The lowest BCUT2D eigenvalue weighted by molar-refractivity contribution is 0.0993. The number of hydrogen-bond acceptors (Lipinski definition) is 3. The van der Waals surface area contributed by atoms with Crippen LogP contribution >= 0.6 is 11.3 Å². The van der Waals surface area contributed by atoms with Gasteiger partial charge in [-0.3, -0.25) is 4.79 Å². The Bertz CT molecular complexity index is 576. The quantitative estimate of drug-likeness (QED) is 0.784. The molecule has 100 valence electrons. The molecular weight excluding hydrogens is 256 g/mol. The zero-order valence-corrected chi connectivity index (χ0v) is 12.0. The van der Waals surface area contributed by atoms with Crippen LogP contribution in [-0.2, 0) is 25.8 Å². The van der Waals surface area contributed by atoms with Gasteiger partial charge >= 0.3 is 0 Å². The van der Waals surface area contributed by atoms with Gasteiger partial charge in [0.05, 0.1) is 11.3 Å². The first-order valence-corrected chi connectivity index (χ1v) is 7.74. The highest BCUT2D eigenvalue weighted by atomic mass is 32.1. The van der Waals surface area contributed by atoms with Crippen molar-refractivity contribution in [2.75, 3.05) is 0 Å². The Morgan fingerprint density at radius 2 is 2.37 bits per heavy atom. The van der Waals surface area contributed by atoms with Crippen LogP contribution in [0.3, 0.4) is 0 Å². The van der Waals surface area contributed by atoms with Crippen molar-refractivity contribution in [3.63, 3.8) is 0 Å². The minimum absolute atomic E-state index is 0.211. The number of ketones is 1. The number of hydrogen-bond donors (Lipinski definition) is 0. The van der Waals surface area contributed by atoms with Crippen molar-refractivity contribution in [3.8, 4) is 0 Å². The maximum Gasteiger partial charge on any atom is 0.180 e. The second-order valence-corrected chi connectivity index (χ2v) is 6.19. The van der Waals surface area contributed by atoms with Crippen LogP contribution in [0.15, 0.2) is 18.5 Å². The number of rotatable bonds is 5. The lowest BCUT2D eigenvalue weighted by Crippen LogP contribution is -2.09. The monoisotopic (exact) mass is 274 g/mol. The molecule has 0 bridgehead atoms. The molecule has 0 N–H and O–H groups in total. The van der Waals surface area contributed by atoms with Crippen LogP contribution < -0.4 is 0 Å². The van der Waals surface area contributed by atoms with E-state index in [4.69, 9.17) is 0 Å². The van der Waals surface area contributed by atoms with Crippen LogP contribution in [0.2, 0.25) is 0 Å². The summed E-state index contributed by atoms with van der Waals surface area (Å²) < 4.78 is 2.08. The molecular formula is C15H18N2OS. The molecule has 0 spiro atoms. The van der Waals surface area contributed by atoms with Crippen LogP contribution in [-0.4, -0.2) is 15.3 Å². The van der Waals surface area contributed by atoms with E-state index in [9.17, 15) is 4.79 Å². The number of aryl methyl sites for hydroxylation is 3. The van der Waals surface area contributed by atoms with Crippen LogP contribution in [0.5, 0.6) is 0 Å². The Morgan fingerprint density at radius 1 is 1.47 bits per heavy atom. The molecule has 0 aliphatic heterocycles. The van der Waals surface area contributed by atoms with Gasteiger partial charge in [-0.25, -0.2) is 4.98 Å². The number of thiophene rings is 1. The molecule has 0 saturated carbocycles. The highest BCUT2D eigenvalue weighted by Gasteiger charge is 2.19. The molecule has 2 heterocycles. The minimum Gasteiger partial charge on any atom is -0.335 e. The van der Waals surface area contributed by atoms with E-state index in [1.54, 1.807) is 17.5 Å². The summed E-state index contributed by atoms with van der Waals surface area (Å²) in [6.07, 6.45) is 8.77. The number of nitrogens with zero attached hydrogens (tertiary/aromatic N) is 2.